The molecule has 0 saturated carbocycles. The summed E-state index contributed by atoms with van der Waals surface area (Å²) in [6.45, 7) is 0.565. The summed E-state index contributed by atoms with van der Waals surface area (Å²) in [6, 6.07) is 12.5. The lowest BCUT2D eigenvalue weighted by Crippen LogP contribution is -2.60. The first-order valence-electron chi connectivity index (χ1n) is 15.0. The molecule has 6 atom stereocenters. The highest BCUT2D eigenvalue weighted by molar-refractivity contribution is 6.31. The molecule has 1 fully saturated rings. The molecule has 2 aliphatic carbocycles. The summed E-state index contributed by atoms with van der Waals surface area (Å²) in [7, 11) is 1.32. The molecular formula is C33H35N3O11. The minimum absolute atomic E-state index is 0.01000. The number of Topliss-reactive ketones (excluding diaryl/α,β-unsaturated/α-hetero) is 1. The lowest BCUT2D eigenvalue weighted by molar-refractivity contribution is -0.250. The summed E-state index contributed by atoms with van der Waals surface area (Å²) in [5, 5.41) is 56.5. The molecule has 4 unspecified atom stereocenters. The van der Waals surface area contributed by atoms with E-state index in [0.717, 1.165) is 0 Å². The van der Waals surface area contributed by atoms with E-state index in [2.05, 4.69) is 5.43 Å². The quantitative estimate of drug-likeness (QED) is 0.0802. The second-order valence-corrected chi connectivity index (χ2v) is 11.9. The van der Waals surface area contributed by atoms with Gasteiger partial charge in [0.25, 0.3) is 0 Å². The van der Waals surface area contributed by atoms with Gasteiger partial charge in [-0.15, -0.1) is 0 Å². The fourth-order valence-corrected chi connectivity index (χ4v) is 6.69. The van der Waals surface area contributed by atoms with Crippen molar-refractivity contribution in [1.29, 1.82) is 0 Å². The number of nitrogens with one attached hydrogen (secondary N) is 1. The van der Waals surface area contributed by atoms with Crippen LogP contribution in [0, 0.1) is 0 Å². The molecule has 8 N–H and O–H groups in total. The largest absolute Gasteiger partial charge is 0.507 e. The lowest BCUT2D eigenvalue weighted by Gasteiger charge is -2.43. The molecule has 14 heteroatoms. The van der Waals surface area contributed by atoms with Crippen molar-refractivity contribution in [2.24, 2.45) is 5.84 Å². The lowest BCUT2D eigenvalue weighted by atomic mass is 9.72. The number of carbonyl (C=O) groups excluding carboxylic acids is 3. The standard InChI is InChI=1S/C33H35N3O11/c1-15-28(39)19(35-36(34)16-7-4-3-5-8-16)11-23(46-15)47-21-13-33(44,22(38)14-37)12-18-25(21)32(43)27-26(30(18)41)29(40)17-9-6-10-20(45-2)24(17)31(27)42/h3-10,15,19,21,23,28,35,37,39,41,43-44H,11-14,34H2,1-2H3/t15?,19?,21-,23?,28?,33-/m0/s1. The van der Waals surface area contributed by atoms with Gasteiger partial charge in [-0.3, -0.25) is 14.4 Å². The van der Waals surface area contributed by atoms with Crippen molar-refractivity contribution in [1.82, 2.24) is 5.43 Å². The molecular weight excluding hydrogens is 614 g/mol. The normalized spacial score (nSPS) is 26.6. The molecule has 1 heterocycles. The van der Waals surface area contributed by atoms with Gasteiger partial charge in [-0.2, -0.15) is 0 Å². The number of rotatable bonds is 8. The predicted molar refractivity (Wildman–Crippen MR) is 164 cm³/mol. The number of methoxy groups -OCH3 is 1. The van der Waals surface area contributed by atoms with Crippen molar-refractivity contribution in [2.75, 3.05) is 18.8 Å². The fourth-order valence-electron chi connectivity index (χ4n) is 6.69. The number of aliphatic hydroxyl groups excluding tert-OH is 2. The van der Waals surface area contributed by atoms with Gasteiger partial charge in [0.05, 0.1) is 53.8 Å². The number of hydrogen-bond acceptors (Lipinski definition) is 14. The smallest absolute Gasteiger partial charge is 0.202 e. The molecule has 1 aliphatic heterocycles. The number of nitrogens with zero attached hydrogens (tertiary/aromatic N) is 1. The summed E-state index contributed by atoms with van der Waals surface area (Å²) in [4.78, 5) is 40.4. The van der Waals surface area contributed by atoms with Crippen molar-refractivity contribution in [2.45, 2.75) is 62.4 Å². The van der Waals surface area contributed by atoms with Gasteiger partial charge in [-0.1, -0.05) is 30.3 Å². The maximum atomic E-state index is 13.9. The van der Waals surface area contributed by atoms with E-state index in [4.69, 9.17) is 20.1 Å². The number of carbonyl (C=O) groups is 3. The molecule has 3 aromatic rings. The molecule has 0 amide bonds. The number of nitrogens with two attached hydrogens (primary N) is 1. The molecule has 14 nitrogen and oxygen atoms in total. The van der Waals surface area contributed by atoms with E-state index in [1.165, 1.54) is 30.4 Å². The maximum absolute atomic E-state index is 13.9. The average Bonchev–Trinajstić information content (AvgIpc) is 3.06. The number of ketones is 3. The number of fused-ring (bicyclic) bond motifs is 3. The number of hydrazine groups is 2. The van der Waals surface area contributed by atoms with E-state index in [0.29, 0.717) is 5.69 Å². The van der Waals surface area contributed by atoms with Crippen molar-refractivity contribution in [3.8, 4) is 17.2 Å². The van der Waals surface area contributed by atoms with Gasteiger partial charge in [0, 0.05) is 36.0 Å². The van der Waals surface area contributed by atoms with Gasteiger partial charge >= 0.3 is 0 Å². The van der Waals surface area contributed by atoms with Crippen LogP contribution in [0.4, 0.5) is 5.69 Å². The zero-order chi connectivity index (χ0) is 33.8. The van der Waals surface area contributed by atoms with Crippen molar-refractivity contribution in [3.05, 3.63) is 81.9 Å². The van der Waals surface area contributed by atoms with Crippen LogP contribution in [0.15, 0.2) is 48.5 Å². The third-order valence-electron chi connectivity index (χ3n) is 9.10. The van der Waals surface area contributed by atoms with Crippen LogP contribution in [0.1, 0.15) is 68.8 Å². The topological polar surface area (TPSA) is 221 Å². The molecule has 1 saturated heterocycles. The summed E-state index contributed by atoms with van der Waals surface area (Å²) >= 11 is 0. The van der Waals surface area contributed by atoms with Crippen molar-refractivity contribution >= 4 is 23.0 Å². The Morgan fingerprint density at radius 3 is 2.45 bits per heavy atom. The number of benzene rings is 3. The van der Waals surface area contributed by atoms with E-state index in [-0.39, 0.29) is 34.4 Å². The summed E-state index contributed by atoms with van der Waals surface area (Å²) in [6.07, 6.45) is -5.47. The Kier molecular flexibility index (Phi) is 8.52. The minimum atomic E-state index is -2.29. The van der Waals surface area contributed by atoms with Gasteiger partial charge in [0.1, 0.15) is 29.5 Å². The molecule has 0 spiro atoms. The Morgan fingerprint density at radius 2 is 1.77 bits per heavy atom. The first kappa shape index (κ1) is 32.5. The molecule has 3 aliphatic rings. The zero-order valence-electron chi connectivity index (χ0n) is 25.5. The van der Waals surface area contributed by atoms with Gasteiger partial charge in [0.2, 0.25) is 5.78 Å². The number of ether oxygens (including phenoxy) is 3. The van der Waals surface area contributed by atoms with Crippen LogP contribution in [0.5, 0.6) is 17.2 Å². The van der Waals surface area contributed by atoms with Crippen LogP contribution >= 0.6 is 0 Å². The Morgan fingerprint density at radius 1 is 1.06 bits per heavy atom. The van der Waals surface area contributed by atoms with Crippen LogP contribution in [-0.4, -0.2) is 86.7 Å². The first-order chi connectivity index (χ1) is 22.4. The van der Waals surface area contributed by atoms with Crippen molar-refractivity contribution < 1.29 is 54.1 Å². The van der Waals surface area contributed by atoms with E-state index in [9.17, 15) is 39.9 Å². The fraction of sp³-hybridized carbons (Fsp3) is 0.364. The summed E-state index contributed by atoms with van der Waals surface area (Å²) in [5.74, 6) is 2.34. The molecule has 248 valence electrons. The third-order valence-corrected chi connectivity index (χ3v) is 9.10. The second kappa shape index (κ2) is 12.3. The average molecular weight is 650 g/mol. The molecule has 0 radical (unpaired) electrons. The molecule has 47 heavy (non-hydrogen) atoms. The Hall–Kier alpha value is -4.41. The Balaban J connectivity index is 1.41. The first-order valence-corrected chi connectivity index (χ1v) is 15.0. The molecule has 6 rings (SSSR count). The number of phenolic OH excluding ortho intramolecular Hbond substituents is 2. The third kappa shape index (κ3) is 5.43. The molecule has 0 aromatic heterocycles. The number of aliphatic hydroxyl groups is 3. The number of hydrogen-bond donors (Lipinski definition) is 7. The number of phenols is 2. The zero-order valence-corrected chi connectivity index (χ0v) is 25.5. The van der Waals surface area contributed by atoms with Crippen LogP contribution in [0.25, 0.3) is 0 Å². The monoisotopic (exact) mass is 649 g/mol. The molecule has 3 aromatic carbocycles. The predicted octanol–water partition coefficient (Wildman–Crippen LogP) is 0.927. The second-order valence-electron chi connectivity index (χ2n) is 11.9. The Bertz CT molecular complexity index is 1750. The van der Waals surface area contributed by atoms with E-state index in [1.54, 1.807) is 31.2 Å². The maximum Gasteiger partial charge on any atom is 0.202 e. The number of para-hydroxylation sites is 1. The van der Waals surface area contributed by atoms with Crippen molar-refractivity contribution in [3.63, 3.8) is 0 Å². The van der Waals surface area contributed by atoms with E-state index < -0.39 is 95.7 Å². The van der Waals surface area contributed by atoms with Crippen LogP contribution < -0.4 is 21.1 Å². The van der Waals surface area contributed by atoms with Gasteiger partial charge in [0.15, 0.2) is 17.9 Å². The minimum Gasteiger partial charge on any atom is -0.507 e. The summed E-state index contributed by atoms with van der Waals surface area (Å²) < 4.78 is 17.5. The van der Waals surface area contributed by atoms with Crippen LogP contribution in [0.2, 0.25) is 0 Å². The van der Waals surface area contributed by atoms with Gasteiger partial charge in [-0.05, 0) is 25.1 Å². The summed E-state index contributed by atoms with van der Waals surface area (Å²) in [5.41, 5.74) is -0.134. The van der Waals surface area contributed by atoms with Crippen LogP contribution in [0.3, 0.4) is 0 Å². The highest BCUT2D eigenvalue weighted by atomic mass is 16.7. The molecule has 0 bridgehead atoms. The van der Waals surface area contributed by atoms with Gasteiger partial charge < -0.3 is 39.7 Å². The number of anilines is 1. The SMILES string of the molecule is COc1cccc2c1C(=O)c1c(O)c3c(c(O)c1C2=O)C[C@@](O)(C(=O)CO)C[C@@H]3OC1CC(NN(N)c2ccccc2)C(O)C(C)O1. The number of aromatic hydroxyl groups is 2. The van der Waals surface area contributed by atoms with Crippen LogP contribution in [-0.2, 0) is 20.7 Å². The highest BCUT2D eigenvalue weighted by Gasteiger charge is 2.50. The highest BCUT2D eigenvalue weighted by Crippen LogP contribution is 2.52. The Labute approximate surface area is 268 Å². The van der Waals surface area contributed by atoms with Gasteiger partial charge in [-0.25, -0.2) is 16.4 Å². The van der Waals surface area contributed by atoms with E-state index >= 15 is 0 Å². The van der Waals surface area contributed by atoms with E-state index in [1.807, 2.05) is 6.07 Å².